The zero-order chi connectivity index (χ0) is 16.1. The summed E-state index contributed by atoms with van der Waals surface area (Å²) in [6.07, 6.45) is 4.11. The van der Waals surface area contributed by atoms with E-state index in [0.29, 0.717) is 31.2 Å². The lowest BCUT2D eigenvalue weighted by Crippen LogP contribution is -2.37. The van der Waals surface area contributed by atoms with Gasteiger partial charge in [-0.2, -0.15) is 4.98 Å². The summed E-state index contributed by atoms with van der Waals surface area (Å²) in [5.41, 5.74) is 0. The van der Waals surface area contributed by atoms with Gasteiger partial charge < -0.3 is 19.5 Å². The van der Waals surface area contributed by atoms with Gasteiger partial charge in [-0.1, -0.05) is 5.16 Å². The van der Waals surface area contributed by atoms with E-state index in [1.54, 1.807) is 18.1 Å². The zero-order valence-electron chi connectivity index (χ0n) is 12.9. The number of hydrogen-bond donors (Lipinski definition) is 1. The molecule has 8 nitrogen and oxygen atoms in total. The Kier molecular flexibility index (Phi) is 5.19. The highest BCUT2D eigenvalue weighted by molar-refractivity contribution is 7.09. The third-order valence-corrected chi connectivity index (χ3v) is 4.28. The molecule has 0 aromatic carbocycles. The van der Waals surface area contributed by atoms with Gasteiger partial charge in [-0.25, -0.2) is 9.78 Å². The van der Waals surface area contributed by atoms with Crippen LogP contribution in [0.5, 0.6) is 0 Å². The Hall–Kier alpha value is -2.00. The van der Waals surface area contributed by atoms with Crippen LogP contribution in [-0.4, -0.2) is 46.3 Å². The van der Waals surface area contributed by atoms with Gasteiger partial charge in [0.2, 0.25) is 0 Å². The largest absolute Gasteiger partial charge is 0.368 e. The van der Waals surface area contributed by atoms with Crippen LogP contribution in [0.3, 0.4) is 0 Å². The Bertz CT molecular complexity index is 624. The summed E-state index contributed by atoms with van der Waals surface area (Å²) in [6, 6.07) is -0.150. The van der Waals surface area contributed by atoms with Crippen molar-refractivity contribution in [1.29, 1.82) is 0 Å². The Labute approximate surface area is 137 Å². The molecule has 124 valence electrons. The third kappa shape index (κ3) is 4.26. The molecule has 3 rings (SSSR count). The maximum atomic E-state index is 12.0. The first-order valence-corrected chi connectivity index (χ1v) is 8.42. The summed E-state index contributed by atoms with van der Waals surface area (Å²) in [6.45, 7) is 1.68. The summed E-state index contributed by atoms with van der Waals surface area (Å²) in [4.78, 5) is 22.0. The van der Waals surface area contributed by atoms with Gasteiger partial charge in [0.25, 0.3) is 5.89 Å². The van der Waals surface area contributed by atoms with Crippen molar-refractivity contribution in [3.05, 3.63) is 28.3 Å². The van der Waals surface area contributed by atoms with E-state index in [9.17, 15) is 4.79 Å². The fourth-order valence-corrected chi connectivity index (χ4v) is 2.96. The highest BCUT2D eigenvalue weighted by atomic mass is 32.1. The molecule has 3 heterocycles. The highest BCUT2D eigenvalue weighted by Gasteiger charge is 2.23. The number of carbonyl (C=O) groups is 1. The number of hydrogen-bond acceptors (Lipinski definition) is 7. The molecule has 0 aliphatic carbocycles. The van der Waals surface area contributed by atoms with E-state index >= 15 is 0 Å². The predicted octanol–water partition coefficient (Wildman–Crippen LogP) is 1.76. The van der Waals surface area contributed by atoms with Crippen molar-refractivity contribution in [2.24, 2.45) is 0 Å². The fraction of sp³-hybridized carbons (Fsp3) is 0.571. The van der Waals surface area contributed by atoms with Crippen LogP contribution in [0.1, 0.15) is 35.7 Å². The minimum Gasteiger partial charge on any atom is -0.368 e. The Morgan fingerprint density at radius 1 is 1.57 bits per heavy atom. The lowest BCUT2D eigenvalue weighted by atomic mass is 10.2. The van der Waals surface area contributed by atoms with Crippen molar-refractivity contribution in [2.45, 2.75) is 31.9 Å². The van der Waals surface area contributed by atoms with Gasteiger partial charge in [-0.15, -0.1) is 11.3 Å². The molecule has 1 fully saturated rings. The van der Waals surface area contributed by atoms with Crippen LogP contribution < -0.4 is 5.32 Å². The number of rotatable bonds is 6. The first-order valence-electron chi connectivity index (χ1n) is 7.54. The summed E-state index contributed by atoms with van der Waals surface area (Å²) in [7, 11) is 1.74. The third-order valence-electron chi connectivity index (χ3n) is 3.52. The van der Waals surface area contributed by atoms with E-state index < -0.39 is 0 Å². The van der Waals surface area contributed by atoms with Crippen LogP contribution in [0.25, 0.3) is 0 Å². The van der Waals surface area contributed by atoms with Crippen molar-refractivity contribution >= 4 is 17.4 Å². The van der Waals surface area contributed by atoms with Crippen LogP contribution in [0.2, 0.25) is 0 Å². The summed E-state index contributed by atoms with van der Waals surface area (Å²) in [5.74, 6) is 1.11. The van der Waals surface area contributed by atoms with Gasteiger partial charge in [0.15, 0.2) is 5.82 Å². The van der Waals surface area contributed by atoms with Gasteiger partial charge in [-0.3, -0.25) is 0 Å². The molecule has 1 aliphatic heterocycles. The van der Waals surface area contributed by atoms with E-state index in [0.717, 1.165) is 24.5 Å². The maximum absolute atomic E-state index is 12.0. The Morgan fingerprint density at radius 3 is 3.22 bits per heavy atom. The molecule has 9 heteroatoms. The van der Waals surface area contributed by atoms with E-state index in [2.05, 4.69) is 20.4 Å². The molecule has 1 aliphatic rings. The van der Waals surface area contributed by atoms with Gasteiger partial charge in [0.1, 0.15) is 11.1 Å². The SMILES string of the molecule is CN(Cc1nccs1)C(=O)NCCc1noc([C@H]2CCCO2)n1. The van der Waals surface area contributed by atoms with Gasteiger partial charge >= 0.3 is 6.03 Å². The van der Waals surface area contributed by atoms with E-state index in [1.807, 2.05) is 5.38 Å². The fourth-order valence-electron chi connectivity index (χ4n) is 2.29. The minimum absolute atomic E-state index is 0.0738. The van der Waals surface area contributed by atoms with Crippen molar-refractivity contribution in [2.75, 3.05) is 20.2 Å². The van der Waals surface area contributed by atoms with Crippen molar-refractivity contribution < 1.29 is 14.1 Å². The Morgan fingerprint density at radius 2 is 2.48 bits per heavy atom. The lowest BCUT2D eigenvalue weighted by molar-refractivity contribution is 0.0835. The summed E-state index contributed by atoms with van der Waals surface area (Å²) in [5, 5.41) is 9.55. The average molecular weight is 337 g/mol. The lowest BCUT2D eigenvalue weighted by Gasteiger charge is -2.16. The topological polar surface area (TPSA) is 93.4 Å². The predicted molar refractivity (Wildman–Crippen MR) is 82.9 cm³/mol. The minimum atomic E-state index is -0.150. The molecule has 1 N–H and O–H groups in total. The molecule has 1 atom stereocenters. The summed E-state index contributed by atoms with van der Waals surface area (Å²) < 4.78 is 10.7. The van der Waals surface area contributed by atoms with Gasteiger partial charge in [-0.05, 0) is 12.8 Å². The molecule has 1 saturated heterocycles. The number of ether oxygens (including phenoxy) is 1. The molecular weight excluding hydrogens is 318 g/mol. The number of amides is 2. The quantitative estimate of drug-likeness (QED) is 0.863. The normalized spacial score (nSPS) is 17.3. The molecule has 2 aromatic rings. The van der Waals surface area contributed by atoms with Crippen molar-refractivity contribution in [3.8, 4) is 0 Å². The molecule has 23 heavy (non-hydrogen) atoms. The zero-order valence-corrected chi connectivity index (χ0v) is 13.7. The number of nitrogens with zero attached hydrogens (tertiary/aromatic N) is 4. The van der Waals surface area contributed by atoms with Gasteiger partial charge in [0, 0.05) is 38.2 Å². The van der Waals surface area contributed by atoms with Crippen LogP contribution in [0, 0.1) is 0 Å². The number of thiazole rings is 1. The number of nitrogens with one attached hydrogen (secondary N) is 1. The van der Waals surface area contributed by atoms with E-state index in [1.165, 1.54) is 11.3 Å². The smallest absolute Gasteiger partial charge is 0.317 e. The van der Waals surface area contributed by atoms with Crippen LogP contribution in [0.4, 0.5) is 4.79 Å². The first-order chi connectivity index (χ1) is 11.2. The van der Waals surface area contributed by atoms with Gasteiger partial charge in [0.05, 0.1) is 6.54 Å². The molecule has 0 spiro atoms. The second-order valence-electron chi connectivity index (χ2n) is 5.31. The monoisotopic (exact) mass is 337 g/mol. The second kappa shape index (κ2) is 7.51. The molecule has 2 aromatic heterocycles. The van der Waals surface area contributed by atoms with Crippen LogP contribution >= 0.6 is 11.3 Å². The number of aromatic nitrogens is 3. The Balaban J connectivity index is 1.41. The summed E-state index contributed by atoms with van der Waals surface area (Å²) >= 11 is 1.53. The second-order valence-corrected chi connectivity index (χ2v) is 6.29. The molecule has 0 unspecified atom stereocenters. The number of urea groups is 1. The van der Waals surface area contributed by atoms with E-state index in [-0.39, 0.29) is 12.1 Å². The molecule has 0 radical (unpaired) electrons. The molecule has 2 amide bonds. The molecule has 0 bridgehead atoms. The molecule has 0 saturated carbocycles. The van der Waals surface area contributed by atoms with Crippen molar-refractivity contribution in [3.63, 3.8) is 0 Å². The molecular formula is C14H19N5O3S. The maximum Gasteiger partial charge on any atom is 0.317 e. The number of carbonyl (C=O) groups excluding carboxylic acids is 1. The standard InChI is InChI=1S/C14H19N5O3S/c1-19(9-12-15-6-8-23-12)14(20)16-5-4-11-17-13(22-18-11)10-3-2-7-21-10/h6,8,10H,2-5,7,9H2,1H3,(H,16,20)/t10-/m1/s1. The van der Waals surface area contributed by atoms with Crippen molar-refractivity contribution in [1.82, 2.24) is 25.3 Å². The van der Waals surface area contributed by atoms with E-state index in [4.69, 9.17) is 9.26 Å². The van der Waals surface area contributed by atoms with Crippen LogP contribution in [0.15, 0.2) is 16.1 Å². The first kappa shape index (κ1) is 15.9. The van der Waals surface area contributed by atoms with Crippen LogP contribution in [-0.2, 0) is 17.7 Å². The average Bonchev–Trinajstić information content (AvgIpc) is 3.29. The highest BCUT2D eigenvalue weighted by Crippen LogP contribution is 2.26.